The van der Waals surface area contributed by atoms with Crippen molar-refractivity contribution in [2.24, 2.45) is 10.2 Å². The monoisotopic (exact) mass is 730 g/mol. The minimum Gasteiger partial charge on any atom is -0.505 e. The third kappa shape index (κ3) is 8.38. The zero-order chi connectivity index (χ0) is 34.5. The fourth-order valence-corrected chi connectivity index (χ4v) is 6.55. The summed E-state index contributed by atoms with van der Waals surface area (Å²) in [5.41, 5.74) is 4.77. The number of aromatic hydroxyl groups is 1. The Kier molecular flexibility index (Phi) is 11.1. The molecule has 0 saturated carbocycles. The van der Waals surface area contributed by atoms with Gasteiger partial charge in [0, 0.05) is 27.8 Å². The van der Waals surface area contributed by atoms with E-state index in [-0.39, 0.29) is 55.2 Å². The fraction of sp³-hybridized carbons (Fsp3) is 0. The van der Waals surface area contributed by atoms with Gasteiger partial charge in [-0.2, -0.15) is 21.9 Å². The van der Waals surface area contributed by atoms with E-state index >= 15 is 0 Å². The van der Waals surface area contributed by atoms with Crippen molar-refractivity contribution in [2.75, 3.05) is 5.73 Å². The van der Waals surface area contributed by atoms with Gasteiger partial charge in [-0.25, -0.2) is 10.5 Å². The number of rotatable bonds is 13. The van der Waals surface area contributed by atoms with E-state index in [4.69, 9.17) is 16.2 Å². The van der Waals surface area contributed by atoms with Crippen molar-refractivity contribution in [3.8, 4) is 5.75 Å². The van der Waals surface area contributed by atoms with Crippen LogP contribution in [0.25, 0.3) is 22.9 Å². The van der Waals surface area contributed by atoms with Crippen LogP contribution in [0.1, 0.15) is 11.1 Å². The molecule has 4 aromatic rings. The molecule has 248 valence electrons. The molecule has 0 atom stereocenters. The highest BCUT2D eigenvalue weighted by molar-refractivity contribution is 7.95. The van der Waals surface area contributed by atoms with Crippen molar-refractivity contribution in [3.05, 3.63) is 75.8 Å². The van der Waals surface area contributed by atoms with Crippen molar-refractivity contribution >= 4 is 90.0 Å². The van der Waals surface area contributed by atoms with Gasteiger partial charge in [0.1, 0.15) is 15.5 Å². The van der Waals surface area contributed by atoms with Gasteiger partial charge in [-0.05, 0) is 47.5 Å². The number of nitrogens with zero attached hydrogens (tertiary/aromatic N) is 3. The molecule has 0 saturated heterocycles. The smallest absolute Gasteiger partial charge is 0.297 e. The summed E-state index contributed by atoms with van der Waals surface area (Å²) in [6, 6.07) is 10.5. The highest BCUT2D eigenvalue weighted by Gasteiger charge is 2.24. The Hall–Kier alpha value is -4.24. The summed E-state index contributed by atoms with van der Waals surface area (Å²) in [5.74, 6) is -0.635. The average molecular weight is 731 g/mol. The number of hydrogen-bond donors (Lipinski definition) is 6. The Morgan fingerprint density at radius 2 is 1.45 bits per heavy atom. The maximum absolute atomic E-state index is 12.0. The number of nitro benzene ring substituents is 1. The standard InChI is InChI=1S/C24H18N4O15S4/c25-18-8-7-16-17(24(18)47(37,38)39)11-20(45-43-41-33)22(23(16)29)27-26-14-5-3-12(19(9-14)44-42-40-32)1-2-13-4-6-15(28(30)31)10-21(13)46(34,35)36/h1-11,29,32-33H,25H2,(H,34,35,36)(H,37,38,39). The molecule has 4 aromatic carbocycles. The maximum atomic E-state index is 12.0. The first kappa shape index (κ1) is 35.6. The maximum Gasteiger partial charge on any atom is 0.297 e. The Morgan fingerprint density at radius 3 is 2.06 bits per heavy atom. The molecule has 23 heteroatoms. The van der Waals surface area contributed by atoms with Crippen LogP contribution in [0.5, 0.6) is 5.75 Å². The molecule has 0 amide bonds. The lowest BCUT2D eigenvalue weighted by Crippen LogP contribution is -2.04. The van der Waals surface area contributed by atoms with Crippen molar-refractivity contribution in [1.29, 1.82) is 0 Å². The summed E-state index contributed by atoms with van der Waals surface area (Å²) in [6.45, 7) is 0. The third-order valence-electron chi connectivity index (χ3n) is 5.97. The molecule has 0 aliphatic carbocycles. The van der Waals surface area contributed by atoms with E-state index in [1.165, 1.54) is 36.4 Å². The fourth-order valence-electron chi connectivity index (χ4n) is 4.04. The summed E-state index contributed by atoms with van der Waals surface area (Å²) in [7, 11) is -9.74. The van der Waals surface area contributed by atoms with Gasteiger partial charge >= 0.3 is 0 Å². The van der Waals surface area contributed by atoms with E-state index in [0.29, 0.717) is 23.7 Å². The molecule has 0 bridgehead atoms. The Balaban J connectivity index is 1.78. The van der Waals surface area contributed by atoms with Gasteiger partial charge in [0.05, 0.1) is 45.3 Å². The number of nitro groups is 1. The number of azo groups is 1. The number of phenols is 1. The average Bonchev–Trinajstić information content (AvgIpc) is 3.00. The van der Waals surface area contributed by atoms with E-state index in [2.05, 4.69) is 29.0 Å². The first-order valence-corrected chi connectivity index (χ1v) is 16.4. The summed E-state index contributed by atoms with van der Waals surface area (Å²) in [6.07, 6.45) is 2.56. The summed E-state index contributed by atoms with van der Waals surface area (Å²) < 4.78 is 75.9. The van der Waals surface area contributed by atoms with Gasteiger partial charge in [0.15, 0.2) is 5.75 Å². The van der Waals surface area contributed by atoms with Crippen LogP contribution in [-0.4, -0.2) is 46.5 Å². The molecule has 47 heavy (non-hydrogen) atoms. The van der Waals surface area contributed by atoms with Gasteiger partial charge in [-0.3, -0.25) is 19.2 Å². The van der Waals surface area contributed by atoms with E-state index in [0.717, 1.165) is 24.3 Å². The zero-order valence-corrected chi connectivity index (χ0v) is 26.0. The zero-order valence-electron chi connectivity index (χ0n) is 22.7. The highest BCUT2D eigenvalue weighted by Crippen LogP contribution is 2.46. The number of benzene rings is 4. The molecule has 0 radical (unpaired) electrons. The normalized spacial score (nSPS) is 12.4. The second-order valence-corrected chi connectivity index (χ2v) is 13.0. The minimum atomic E-state index is -4.87. The van der Waals surface area contributed by atoms with Crippen LogP contribution in [-0.2, 0) is 39.0 Å². The largest absolute Gasteiger partial charge is 0.505 e. The molecule has 0 aromatic heterocycles. The number of nitrogen functional groups attached to an aromatic ring is 1. The van der Waals surface area contributed by atoms with Crippen LogP contribution in [0.2, 0.25) is 0 Å². The molecule has 0 aliphatic rings. The number of non-ortho nitro benzene ring substituents is 1. The van der Waals surface area contributed by atoms with Crippen LogP contribution >= 0.6 is 24.1 Å². The van der Waals surface area contributed by atoms with Crippen LogP contribution in [0.15, 0.2) is 84.4 Å². The number of anilines is 1. The van der Waals surface area contributed by atoms with Crippen LogP contribution in [0, 0.1) is 10.1 Å². The topological polar surface area (TPSA) is 300 Å². The summed E-state index contributed by atoms with van der Waals surface area (Å²) >= 11 is 0.750. The second kappa shape index (κ2) is 14.7. The number of hydrogen-bond acceptors (Lipinski definition) is 18. The Labute approximate surface area is 271 Å². The first-order valence-electron chi connectivity index (χ1n) is 12.0. The molecule has 19 nitrogen and oxygen atoms in total. The minimum absolute atomic E-state index is 0.0749. The van der Waals surface area contributed by atoms with Crippen molar-refractivity contribution in [2.45, 2.75) is 19.6 Å². The Bertz CT molecular complexity index is 2140. The van der Waals surface area contributed by atoms with Crippen LogP contribution in [0.4, 0.5) is 22.7 Å². The van der Waals surface area contributed by atoms with Gasteiger partial charge in [-0.1, -0.05) is 28.3 Å². The van der Waals surface area contributed by atoms with E-state index in [1.54, 1.807) is 0 Å². The Morgan fingerprint density at radius 1 is 0.809 bits per heavy atom. The second-order valence-electron chi connectivity index (χ2n) is 8.79. The van der Waals surface area contributed by atoms with Gasteiger partial charge < -0.3 is 10.8 Å². The summed E-state index contributed by atoms with van der Waals surface area (Å²) in [5, 5.41) is 54.3. The van der Waals surface area contributed by atoms with Gasteiger partial charge in [0.25, 0.3) is 25.9 Å². The predicted octanol–water partition coefficient (Wildman–Crippen LogP) is 5.97. The number of phenolic OH excluding ortho intramolecular Hbond substituents is 1. The molecular formula is C24H18N4O15S4. The van der Waals surface area contributed by atoms with Gasteiger partial charge in [0.2, 0.25) is 0 Å². The quantitative estimate of drug-likeness (QED) is 0.0135. The van der Waals surface area contributed by atoms with E-state index in [1.807, 2.05) is 0 Å². The summed E-state index contributed by atoms with van der Waals surface area (Å²) in [4.78, 5) is 8.80. The first-order chi connectivity index (χ1) is 22.1. The molecule has 0 aliphatic heterocycles. The van der Waals surface area contributed by atoms with E-state index < -0.39 is 46.4 Å². The molecule has 0 unspecified atom stereocenters. The molecule has 7 N–H and O–H groups in total. The van der Waals surface area contributed by atoms with Crippen molar-refractivity contribution in [1.82, 2.24) is 0 Å². The molecular weight excluding hydrogens is 713 g/mol. The molecule has 4 rings (SSSR count). The van der Waals surface area contributed by atoms with Crippen LogP contribution < -0.4 is 5.73 Å². The number of fused-ring (bicyclic) bond motifs is 1. The molecule has 0 spiro atoms. The SMILES string of the molecule is Nc1ccc2c(O)c(N=Nc3ccc(C=Cc4ccc([N+](=O)[O-])cc4S(=O)(=O)O)c(SOOO)c3)c(SOOO)cc2c1S(=O)(=O)O. The van der Waals surface area contributed by atoms with Crippen LogP contribution in [0.3, 0.4) is 0 Å². The highest BCUT2D eigenvalue weighted by atomic mass is 32.2. The van der Waals surface area contributed by atoms with E-state index in [9.17, 15) is 41.2 Å². The number of nitrogens with two attached hydrogens (primary N) is 1. The lowest BCUT2D eigenvalue weighted by atomic mass is 10.1. The third-order valence-corrected chi connectivity index (χ3v) is 9.13. The van der Waals surface area contributed by atoms with Crippen molar-refractivity contribution < 1.29 is 65.2 Å². The lowest BCUT2D eigenvalue weighted by Gasteiger charge is -2.12. The lowest BCUT2D eigenvalue weighted by molar-refractivity contribution is -0.432. The van der Waals surface area contributed by atoms with Crippen molar-refractivity contribution in [3.63, 3.8) is 0 Å². The predicted molar refractivity (Wildman–Crippen MR) is 164 cm³/mol. The molecule has 0 fully saturated rings. The molecule has 0 heterocycles. The van der Waals surface area contributed by atoms with Gasteiger partial charge in [-0.15, -0.1) is 13.8 Å².